The largest absolute Gasteiger partial charge is 0.330 e. The maximum absolute atomic E-state index is 12.7. The standard InChI is InChI=1S/C20H30ClN3O/c1-2-3-11-23-12-13-24(19(23)25)18-7-9-20(15-22,10-8-18)16-5-4-6-17(21)14-16/h4-6,14,18H,2-3,7-13,15,22H2,1H3/t18-,20-. The Bertz CT molecular complexity index is 598. The Balaban J connectivity index is 1.64. The molecule has 0 aromatic heterocycles. The highest BCUT2D eigenvalue weighted by molar-refractivity contribution is 6.30. The molecule has 5 heteroatoms. The molecule has 3 rings (SSSR count). The number of unbranched alkanes of at least 4 members (excludes halogenated alkanes) is 1. The molecule has 2 N–H and O–H groups in total. The first-order valence-corrected chi connectivity index (χ1v) is 9.99. The molecule has 1 aliphatic carbocycles. The maximum Gasteiger partial charge on any atom is 0.320 e. The highest BCUT2D eigenvalue weighted by Crippen LogP contribution is 2.41. The first-order chi connectivity index (χ1) is 12.1. The lowest BCUT2D eigenvalue weighted by molar-refractivity contribution is 0.144. The molecule has 138 valence electrons. The Morgan fingerprint density at radius 2 is 2.04 bits per heavy atom. The molecule has 2 aliphatic rings. The summed E-state index contributed by atoms with van der Waals surface area (Å²) in [6.07, 6.45) is 6.32. The van der Waals surface area contributed by atoms with E-state index in [0.29, 0.717) is 12.6 Å². The molecule has 0 spiro atoms. The number of amides is 2. The molecule has 1 aromatic carbocycles. The Hall–Kier alpha value is -1.26. The average molecular weight is 364 g/mol. The molecule has 2 fully saturated rings. The van der Waals surface area contributed by atoms with Crippen LogP contribution in [0.3, 0.4) is 0 Å². The van der Waals surface area contributed by atoms with Gasteiger partial charge in [-0.3, -0.25) is 0 Å². The van der Waals surface area contributed by atoms with Crippen molar-refractivity contribution in [3.63, 3.8) is 0 Å². The van der Waals surface area contributed by atoms with Gasteiger partial charge in [-0.2, -0.15) is 0 Å². The van der Waals surface area contributed by atoms with Crippen molar-refractivity contribution in [2.45, 2.75) is 56.9 Å². The van der Waals surface area contributed by atoms with E-state index in [1.54, 1.807) is 0 Å². The van der Waals surface area contributed by atoms with E-state index in [9.17, 15) is 4.79 Å². The summed E-state index contributed by atoms with van der Waals surface area (Å²) in [5.41, 5.74) is 7.45. The third kappa shape index (κ3) is 3.80. The quantitative estimate of drug-likeness (QED) is 0.829. The van der Waals surface area contributed by atoms with Crippen molar-refractivity contribution in [3.05, 3.63) is 34.9 Å². The predicted octanol–water partition coefficient (Wildman–Crippen LogP) is 4.02. The van der Waals surface area contributed by atoms with Gasteiger partial charge in [-0.1, -0.05) is 37.1 Å². The topological polar surface area (TPSA) is 49.6 Å². The number of nitrogens with zero attached hydrogens (tertiary/aromatic N) is 2. The van der Waals surface area contributed by atoms with Crippen molar-refractivity contribution in [3.8, 4) is 0 Å². The van der Waals surface area contributed by atoms with Crippen LogP contribution in [0.5, 0.6) is 0 Å². The number of hydrogen-bond acceptors (Lipinski definition) is 2. The Morgan fingerprint density at radius 1 is 1.28 bits per heavy atom. The van der Waals surface area contributed by atoms with E-state index in [-0.39, 0.29) is 11.4 Å². The fourth-order valence-electron chi connectivity index (χ4n) is 4.39. The Labute approximate surface area is 156 Å². The van der Waals surface area contributed by atoms with Gasteiger partial charge >= 0.3 is 6.03 Å². The summed E-state index contributed by atoms with van der Waals surface area (Å²) in [6, 6.07) is 8.72. The molecule has 25 heavy (non-hydrogen) atoms. The van der Waals surface area contributed by atoms with Gasteiger partial charge in [0.15, 0.2) is 0 Å². The summed E-state index contributed by atoms with van der Waals surface area (Å²) in [6.45, 7) is 5.46. The first-order valence-electron chi connectivity index (χ1n) is 9.61. The minimum atomic E-state index is 0.00602. The van der Waals surface area contributed by atoms with Crippen LogP contribution in [-0.2, 0) is 5.41 Å². The number of halogens is 1. The van der Waals surface area contributed by atoms with Crippen LogP contribution in [-0.4, -0.2) is 48.1 Å². The smallest absolute Gasteiger partial charge is 0.320 e. The van der Waals surface area contributed by atoms with E-state index in [1.807, 2.05) is 17.0 Å². The van der Waals surface area contributed by atoms with E-state index in [2.05, 4.69) is 24.0 Å². The van der Waals surface area contributed by atoms with Crippen molar-refractivity contribution in [2.24, 2.45) is 5.73 Å². The third-order valence-corrected chi connectivity index (χ3v) is 6.32. The summed E-state index contributed by atoms with van der Waals surface area (Å²) < 4.78 is 0. The molecule has 0 unspecified atom stereocenters. The number of urea groups is 1. The number of hydrogen-bond donors (Lipinski definition) is 1. The molecule has 1 saturated heterocycles. The molecule has 1 heterocycles. The highest BCUT2D eigenvalue weighted by Gasteiger charge is 2.40. The number of benzene rings is 1. The third-order valence-electron chi connectivity index (χ3n) is 6.09. The second kappa shape index (κ2) is 7.96. The van der Waals surface area contributed by atoms with Gasteiger partial charge in [-0.05, 0) is 49.8 Å². The fraction of sp³-hybridized carbons (Fsp3) is 0.650. The van der Waals surface area contributed by atoms with Gasteiger partial charge < -0.3 is 15.5 Å². The van der Waals surface area contributed by atoms with Gasteiger partial charge in [-0.15, -0.1) is 0 Å². The van der Waals surface area contributed by atoms with Crippen LogP contribution in [0.4, 0.5) is 4.79 Å². The Kier molecular flexibility index (Phi) is 5.90. The van der Waals surface area contributed by atoms with E-state index in [4.69, 9.17) is 17.3 Å². The van der Waals surface area contributed by atoms with Crippen LogP contribution in [0.1, 0.15) is 51.0 Å². The summed E-state index contributed by atoms with van der Waals surface area (Å²) in [7, 11) is 0. The van der Waals surface area contributed by atoms with Crippen molar-refractivity contribution < 1.29 is 4.79 Å². The predicted molar refractivity (Wildman–Crippen MR) is 103 cm³/mol. The van der Waals surface area contributed by atoms with Crippen molar-refractivity contribution >= 4 is 17.6 Å². The lowest BCUT2D eigenvalue weighted by atomic mass is 9.68. The Morgan fingerprint density at radius 3 is 2.68 bits per heavy atom. The monoisotopic (exact) mass is 363 g/mol. The fourth-order valence-corrected chi connectivity index (χ4v) is 4.58. The van der Waals surface area contributed by atoms with Gasteiger partial charge in [0.05, 0.1) is 0 Å². The van der Waals surface area contributed by atoms with Gasteiger partial charge in [-0.25, -0.2) is 4.79 Å². The molecule has 0 radical (unpaired) electrons. The van der Waals surface area contributed by atoms with Crippen LogP contribution in [0.15, 0.2) is 24.3 Å². The second-order valence-electron chi connectivity index (χ2n) is 7.54. The number of nitrogens with two attached hydrogens (primary N) is 1. The zero-order valence-electron chi connectivity index (χ0n) is 15.2. The van der Waals surface area contributed by atoms with Crippen LogP contribution in [0.25, 0.3) is 0 Å². The van der Waals surface area contributed by atoms with Gasteiger partial charge in [0.2, 0.25) is 0 Å². The van der Waals surface area contributed by atoms with Crippen molar-refractivity contribution in [1.29, 1.82) is 0 Å². The van der Waals surface area contributed by atoms with E-state index < -0.39 is 0 Å². The van der Waals surface area contributed by atoms with Gasteiger partial charge in [0, 0.05) is 42.7 Å². The lowest BCUT2D eigenvalue weighted by Gasteiger charge is -2.42. The first kappa shape index (κ1) is 18.5. The molecule has 4 nitrogen and oxygen atoms in total. The van der Waals surface area contributed by atoms with Crippen molar-refractivity contribution in [1.82, 2.24) is 9.80 Å². The molecule has 1 aliphatic heterocycles. The minimum Gasteiger partial charge on any atom is -0.330 e. The van der Waals surface area contributed by atoms with Crippen LogP contribution < -0.4 is 5.73 Å². The van der Waals surface area contributed by atoms with Gasteiger partial charge in [0.25, 0.3) is 0 Å². The van der Waals surface area contributed by atoms with E-state index >= 15 is 0 Å². The second-order valence-corrected chi connectivity index (χ2v) is 7.98. The lowest BCUT2D eigenvalue weighted by Crippen LogP contribution is -2.46. The molecular weight excluding hydrogens is 334 g/mol. The SMILES string of the molecule is CCCCN1CCN([C@H]2CC[C@](CN)(c3cccc(Cl)c3)CC2)C1=O. The van der Waals surface area contributed by atoms with Gasteiger partial charge in [0.1, 0.15) is 0 Å². The summed E-state index contributed by atoms with van der Waals surface area (Å²) in [5.74, 6) is 0. The number of carbonyl (C=O) groups excluding carboxylic acids is 1. The summed E-state index contributed by atoms with van der Waals surface area (Å²) in [5, 5.41) is 0.772. The number of rotatable bonds is 6. The normalized spacial score (nSPS) is 27.2. The average Bonchev–Trinajstić information content (AvgIpc) is 3.00. The van der Waals surface area contributed by atoms with E-state index in [0.717, 1.165) is 63.2 Å². The van der Waals surface area contributed by atoms with Crippen molar-refractivity contribution in [2.75, 3.05) is 26.2 Å². The van der Waals surface area contributed by atoms with E-state index in [1.165, 1.54) is 5.56 Å². The summed E-state index contributed by atoms with van der Waals surface area (Å²) in [4.78, 5) is 16.8. The molecule has 1 aromatic rings. The zero-order chi connectivity index (χ0) is 17.9. The molecular formula is C20H30ClN3O. The number of carbonyl (C=O) groups is 1. The molecule has 0 bridgehead atoms. The molecule has 0 atom stereocenters. The zero-order valence-corrected chi connectivity index (χ0v) is 16.0. The maximum atomic E-state index is 12.7. The molecule has 2 amide bonds. The minimum absolute atomic E-state index is 0.00602. The van der Waals surface area contributed by atoms with Crippen LogP contribution in [0.2, 0.25) is 5.02 Å². The molecule has 1 saturated carbocycles. The van der Waals surface area contributed by atoms with Crippen LogP contribution in [0, 0.1) is 0 Å². The summed E-state index contributed by atoms with van der Waals surface area (Å²) >= 11 is 6.19. The highest BCUT2D eigenvalue weighted by atomic mass is 35.5. The van der Waals surface area contributed by atoms with Crippen LogP contribution >= 0.6 is 11.6 Å².